The summed E-state index contributed by atoms with van der Waals surface area (Å²) in [6, 6.07) is 5.93. The Kier molecular flexibility index (Phi) is 5.56. The molecule has 0 bridgehead atoms. The fourth-order valence-corrected chi connectivity index (χ4v) is 1.96. The number of halogens is 1. The molecule has 88 valence electrons. The number of nitrogen functional groups attached to an aromatic ring is 1. The van der Waals surface area contributed by atoms with Gasteiger partial charge in [-0.25, -0.2) is 0 Å². The number of hydrogen-bond acceptors (Lipinski definition) is 2. The SMILES string of the molecule is C=CCCCN(C)Cc1cc(N)ccc1Br. The summed E-state index contributed by atoms with van der Waals surface area (Å²) in [5.41, 5.74) is 7.83. The van der Waals surface area contributed by atoms with Crippen LogP contribution in [-0.2, 0) is 6.54 Å². The third kappa shape index (κ3) is 4.37. The summed E-state index contributed by atoms with van der Waals surface area (Å²) in [6.07, 6.45) is 4.19. The van der Waals surface area contributed by atoms with Crippen molar-refractivity contribution in [1.29, 1.82) is 0 Å². The van der Waals surface area contributed by atoms with E-state index in [1.165, 1.54) is 5.56 Å². The molecule has 0 amide bonds. The Labute approximate surface area is 106 Å². The van der Waals surface area contributed by atoms with Crippen LogP contribution in [-0.4, -0.2) is 18.5 Å². The van der Waals surface area contributed by atoms with Crippen molar-refractivity contribution in [3.8, 4) is 0 Å². The van der Waals surface area contributed by atoms with Crippen molar-refractivity contribution < 1.29 is 0 Å². The van der Waals surface area contributed by atoms with Gasteiger partial charge in [0.2, 0.25) is 0 Å². The van der Waals surface area contributed by atoms with Gasteiger partial charge < -0.3 is 10.6 Å². The van der Waals surface area contributed by atoms with Crippen LogP contribution in [0.5, 0.6) is 0 Å². The molecule has 1 aromatic rings. The van der Waals surface area contributed by atoms with E-state index in [0.717, 1.165) is 36.1 Å². The average molecular weight is 283 g/mol. The van der Waals surface area contributed by atoms with E-state index in [4.69, 9.17) is 5.73 Å². The van der Waals surface area contributed by atoms with E-state index < -0.39 is 0 Å². The molecule has 0 aliphatic carbocycles. The van der Waals surface area contributed by atoms with E-state index in [0.29, 0.717) is 0 Å². The Hall–Kier alpha value is -0.800. The molecule has 16 heavy (non-hydrogen) atoms. The Morgan fingerprint density at radius 1 is 1.50 bits per heavy atom. The molecule has 0 aliphatic heterocycles. The third-order valence-corrected chi connectivity index (χ3v) is 3.23. The molecule has 0 aliphatic rings. The van der Waals surface area contributed by atoms with Crippen LogP contribution in [0, 0.1) is 0 Å². The molecule has 2 N–H and O–H groups in total. The van der Waals surface area contributed by atoms with Crippen LogP contribution in [0.25, 0.3) is 0 Å². The van der Waals surface area contributed by atoms with Crippen molar-refractivity contribution in [2.24, 2.45) is 0 Å². The summed E-state index contributed by atoms with van der Waals surface area (Å²) in [4.78, 5) is 2.29. The molecule has 0 atom stereocenters. The Balaban J connectivity index is 2.51. The lowest BCUT2D eigenvalue weighted by molar-refractivity contribution is 0.322. The van der Waals surface area contributed by atoms with Gasteiger partial charge in [-0.3, -0.25) is 0 Å². The normalized spacial score (nSPS) is 10.7. The largest absolute Gasteiger partial charge is 0.399 e. The van der Waals surface area contributed by atoms with E-state index in [2.05, 4.69) is 34.5 Å². The zero-order valence-electron chi connectivity index (χ0n) is 9.75. The van der Waals surface area contributed by atoms with E-state index >= 15 is 0 Å². The van der Waals surface area contributed by atoms with Gasteiger partial charge in [0, 0.05) is 16.7 Å². The number of benzene rings is 1. The van der Waals surface area contributed by atoms with Crippen LogP contribution in [0.4, 0.5) is 5.69 Å². The quantitative estimate of drug-likeness (QED) is 0.492. The molecule has 0 radical (unpaired) electrons. The summed E-state index contributed by atoms with van der Waals surface area (Å²) in [5.74, 6) is 0. The monoisotopic (exact) mass is 282 g/mol. The van der Waals surface area contributed by atoms with Crippen LogP contribution in [0.3, 0.4) is 0 Å². The lowest BCUT2D eigenvalue weighted by Gasteiger charge is -2.17. The highest BCUT2D eigenvalue weighted by atomic mass is 79.9. The third-order valence-electron chi connectivity index (χ3n) is 2.46. The second kappa shape index (κ2) is 6.71. The van der Waals surface area contributed by atoms with Gasteiger partial charge in [0.15, 0.2) is 0 Å². The van der Waals surface area contributed by atoms with Gasteiger partial charge >= 0.3 is 0 Å². The van der Waals surface area contributed by atoms with Crippen LogP contribution in [0.2, 0.25) is 0 Å². The van der Waals surface area contributed by atoms with Crippen molar-refractivity contribution in [2.75, 3.05) is 19.3 Å². The number of unbranched alkanes of at least 4 members (excludes halogenated alkanes) is 1. The predicted octanol–water partition coefficient (Wildman–Crippen LogP) is 3.43. The molecule has 1 rings (SSSR count). The molecular formula is C13H19BrN2. The van der Waals surface area contributed by atoms with Gasteiger partial charge in [-0.1, -0.05) is 22.0 Å². The van der Waals surface area contributed by atoms with E-state index in [1.54, 1.807) is 0 Å². The molecule has 1 aromatic carbocycles. The fraction of sp³-hybridized carbons (Fsp3) is 0.385. The summed E-state index contributed by atoms with van der Waals surface area (Å²) >= 11 is 3.54. The number of hydrogen-bond donors (Lipinski definition) is 1. The summed E-state index contributed by atoms with van der Waals surface area (Å²) < 4.78 is 1.12. The van der Waals surface area contributed by atoms with Crippen molar-refractivity contribution in [3.63, 3.8) is 0 Å². The van der Waals surface area contributed by atoms with Gasteiger partial charge in [0.25, 0.3) is 0 Å². The Morgan fingerprint density at radius 3 is 2.94 bits per heavy atom. The summed E-state index contributed by atoms with van der Waals surface area (Å²) in [7, 11) is 2.12. The second-order valence-electron chi connectivity index (χ2n) is 4.02. The number of nitrogens with zero attached hydrogens (tertiary/aromatic N) is 1. The smallest absolute Gasteiger partial charge is 0.0318 e. The Bertz CT molecular complexity index is 350. The maximum absolute atomic E-state index is 5.77. The van der Waals surface area contributed by atoms with Gasteiger partial charge in [-0.05, 0) is 50.2 Å². The number of nitrogens with two attached hydrogens (primary N) is 1. The maximum atomic E-state index is 5.77. The van der Waals surface area contributed by atoms with Crippen molar-refractivity contribution in [2.45, 2.75) is 19.4 Å². The topological polar surface area (TPSA) is 29.3 Å². The molecule has 0 aromatic heterocycles. The highest BCUT2D eigenvalue weighted by molar-refractivity contribution is 9.10. The zero-order chi connectivity index (χ0) is 12.0. The minimum atomic E-state index is 0.817. The molecular weight excluding hydrogens is 264 g/mol. The molecule has 0 unspecified atom stereocenters. The first-order chi connectivity index (χ1) is 7.63. The van der Waals surface area contributed by atoms with Gasteiger partial charge in [0.1, 0.15) is 0 Å². The van der Waals surface area contributed by atoms with E-state index in [1.807, 2.05) is 24.3 Å². The van der Waals surface area contributed by atoms with E-state index in [-0.39, 0.29) is 0 Å². The average Bonchev–Trinajstić information content (AvgIpc) is 2.24. The fourth-order valence-electron chi connectivity index (χ4n) is 1.59. The Morgan fingerprint density at radius 2 is 2.25 bits per heavy atom. The van der Waals surface area contributed by atoms with Crippen molar-refractivity contribution >= 4 is 21.6 Å². The molecule has 0 spiro atoms. The molecule has 0 fully saturated rings. The summed E-state index contributed by atoms with van der Waals surface area (Å²) in [6.45, 7) is 5.72. The van der Waals surface area contributed by atoms with Crippen LogP contribution >= 0.6 is 15.9 Å². The molecule has 3 heteroatoms. The zero-order valence-corrected chi connectivity index (χ0v) is 11.3. The first-order valence-electron chi connectivity index (χ1n) is 5.47. The molecule has 0 saturated carbocycles. The molecule has 0 heterocycles. The lowest BCUT2D eigenvalue weighted by Crippen LogP contribution is -2.19. The van der Waals surface area contributed by atoms with Gasteiger partial charge in [-0.15, -0.1) is 6.58 Å². The lowest BCUT2D eigenvalue weighted by atomic mass is 10.2. The molecule has 2 nitrogen and oxygen atoms in total. The highest BCUT2D eigenvalue weighted by Crippen LogP contribution is 2.20. The van der Waals surface area contributed by atoms with Crippen molar-refractivity contribution in [3.05, 3.63) is 40.9 Å². The number of anilines is 1. The van der Waals surface area contributed by atoms with Crippen LogP contribution in [0.1, 0.15) is 18.4 Å². The van der Waals surface area contributed by atoms with Crippen LogP contribution in [0.15, 0.2) is 35.3 Å². The minimum Gasteiger partial charge on any atom is -0.399 e. The number of rotatable bonds is 6. The number of allylic oxidation sites excluding steroid dienone is 1. The standard InChI is InChI=1S/C13H19BrN2/c1-3-4-5-8-16(2)10-11-9-12(15)6-7-13(11)14/h3,6-7,9H,1,4-5,8,10,15H2,2H3. The molecule has 0 saturated heterocycles. The minimum absolute atomic E-state index is 0.817. The van der Waals surface area contributed by atoms with Gasteiger partial charge in [-0.2, -0.15) is 0 Å². The second-order valence-corrected chi connectivity index (χ2v) is 4.87. The van der Waals surface area contributed by atoms with Gasteiger partial charge in [0.05, 0.1) is 0 Å². The first kappa shape index (κ1) is 13.3. The van der Waals surface area contributed by atoms with E-state index in [9.17, 15) is 0 Å². The highest BCUT2D eigenvalue weighted by Gasteiger charge is 2.04. The predicted molar refractivity (Wildman–Crippen MR) is 74.3 cm³/mol. The van der Waals surface area contributed by atoms with Crippen molar-refractivity contribution in [1.82, 2.24) is 4.90 Å². The maximum Gasteiger partial charge on any atom is 0.0318 e. The first-order valence-corrected chi connectivity index (χ1v) is 6.26. The van der Waals surface area contributed by atoms with Crippen LogP contribution < -0.4 is 5.73 Å². The summed E-state index contributed by atoms with van der Waals surface area (Å²) in [5, 5.41) is 0.